The van der Waals surface area contributed by atoms with Gasteiger partial charge in [0.1, 0.15) is 0 Å². The Balaban J connectivity index is 1.08. The van der Waals surface area contributed by atoms with Gasteiger partial charge in [-0.2, -0.15) is 0 Å². The summed E-state index contributed by atoms with van der Waals surface area (Å²) in [6, 6.07) is 16.5. The summed E-state index contributed by atoms with van der Waals surface area (Å²) in [6.45, 7) is 7.60. The minimum Gasteiger partial charge on any atom is -0.454 e. The van der Waals surface area contributed by atoms with Crippen molar-refractivity contribution in [2.45, 2.75) is 38.8 Å². The average molecular weight is 532 g/mol. The lowest BCUT2D eigenvalue weighted by Crippen LogP contribution is -2.55. The minimum atomic E-state index is -0.0609. The number of thiophene rings is 1. The normalized spacial score (nSPS) is 20.9. The van der Waals surface area contributed by atoms with Crippen molar-refractivity contribution in [3.05, 3.63) is 81.0 Å². The van der Waals surface area contributed by atoms with E-state index >= 15 is 0 Å². The maximum Gasteiger partial charge on any atom is 0.254 e. The van der Waals surface area contributed by atoms with Crippen molar-refractivity contribution in [2.75, 3.05) is 39.5 Å². The van der Waals surface area contributed by atoms with Gasteiger partial charge in [0.2, 0.25) is 12.7 Å². The number of piperazine rings is 1. The summed E-state index contributed by atoms with van der Waals surface area (Å²) >= 11 is 1.84. The molecule has 1 fully saturated rings. The van der Waals surface area contributed by atoms with Crippen LogP contribution in [-0.2, 0) is 11.2 Å². The van der Waals surface area contributed by atoms with E-state index in [4.69, 9.17) is 9.47 Å². The number of aryl methyl sites for hydroxylation is 1. The van der Waals surface area contributed by atoms with E-state index in [1.807, 2.05) is 28.1 Å². The SMILES string of the molecule is Cc1ccc(C2c3ccsc3CCN2CCC(=O)N2CCN(C(=O)c3ccc4c(c3)OCO4)C(C)C2)cc1. The van der Waals surface area contributed by atoms with Crippen LogP contribution in [0.25, 0.3) is 0 Å². The molecule has 0 N–H and O–H groups in total. The van der Waals surface area contributed by atoms with Crippen molar-refractivity contribution in [3.63, 3.8) is 0 Å². The standard InChI is InChI=1S/C30H33N3O4S/c1-20-3-5-22(6-4-20)29-24-11-16-38-27(24)9-12-31(29)13-10-28(34)32-14-15-33(21(2)18-32)30(35)23-7-8-25-26(17-23)37-19-36-25/h3-8,11,16-17,21,29H,9-10,12-15,18-19H2,1-2H3. The first-order chi connectivity index (χ1) is 18.5. The van der Waals surface area contributed by atoms with E-state index in [1.165, 1.54) is 21.6 Å². The highest BCUT2D eigenvalue weighted by Crippen LogP contribution is 2.38. The Kier molecular flexibility index (Phi) is 6.84. The molecular formula is C30H33N3O4S. The Morgan fingerprint density at radius 1 is 1.00 bits per heavy atom. The summed E-state index contributed by atoms with van der Waals surface area (Å²) in [5.74, 6) is 1.39. The molecule has 2 amide bonds. The predicted molar refractivity (Wildman–Crippen MR) is 147 cm³/mol. The summed E-state index contributed by atoms with van der Waals surface area (Å²) in [5.41, 5.74) is 4.50. The van der Waals surface area contributed by atoms with Gasteiger partial charge in [-0.25, -0.2) is 0 Å². The molecule has 2 atom stereocenters. The Hall–Kier alpha value is -3.36. The van der Waals surface area contributed by atoms with E-state index in [0.29, 0.717) is 43.1 Å². The van der Waals surface area contributed by atoms with Crippen molar-refractivity contribution in [2.24, 2.45) is 0 Å². The predicted octanol–water partition coefficient (Wildman–Crippen LogP) is 4.50. The summed E-state index contributed by atoms with van der Waals surface area (Å²) in [7, 11) is 0. The Labute approximate surface area is 227 Å². The van der Waals surface area contributed by atoms with Crippen molar-refractivity contribution >= 4 is 23.2 Å². The first-order valence-corrected chi connectivity index (χ1v) is 14.2. The van der Waals surface area contributed by atoms with Gasteiger partial charge in [-0.15, -0.1) is 11.3 Å². The molecule has 1 saturated heterocycles. The lowest BCUT2D eigenvalue weighted by Gasteiger charge is -2.41. The summed E-state index contributed by atoms with van der Waals surface area (Å²) in [5, 5.41) is 2.19. The number of nitrogens with zero attached hydrogens (tertiary/aromatic N) is 3. The fourth-order valence-electron chi connectivity index (χ4n) is 5.83. The molecular weight excluding hydrogens is 498 g/mol. The molecule has 3 aromatic rings. The highest BCUT2D eigenvalue weighted by molar-refractivity contribution is 7.10. The monoisotopic (exact) mass is 531 g/mol. The smallest absolute Gasteiger partial charge is 0.254 e. The van der Waals surface area contributed by atoms with Crippen molar-refractivity contribution < 1.29 is 19.1 Å². The Bertz CT molecular complexity index is 1340. The second-order valence-electron chi connectivity index (χ2n) is 10.4. The van der Waals surface area contributed by atoms with Gasteiger partial charge >= 0.3 is 0 Å². The second kappa shape index (κ2) is 10.4. The third-order valence-electron chi connectivity index (χ3n) is 7.93. The molecule has 38 heavy (non-hydrogen) atoms. The molecule has 2 unspecified atom stereocenters. The fraction of sp³-hybridized carbons (Fsp3) is 0.400. The van der Waals surface area contributed by atoms with Crippen molar-refractivity contribution in [1.82, 2.24) is 14.7 Å². The van der Waals surface area contributed by atoms with Gasteiger partial charge in [-0.1, -0.05) is 29.8 Å². The van der Waals surface area contributed by atoms with E-state index < -0.39 is 0 Å². The number of carbonyl (C=O) groups is 2. The zero-order valence-electron chi connectivity index (χ0n) is 21.9. The molecule has 4 heterocycles. The van der Waals surface area contributed by atoms with E-state index in [2.05, 4.69) is 47.5 Å². The van der Waals surface area contributed by atoms with Crippen LogP contribution < -0.4 is 9.47 Å². The first-order valence-electron chi connectivity index (χ1n) is 13.3. The zero-order chi connectivity index (χ0) is 26.2. The van der Waals surface area contributed by atoms with E-state index in [9.17, 15) is 9.59 Å². The van der Waals surface area contributed by atoms with E-state index in [-0.39, 0.29) is 30.7 Å². The molecule has 3 aliphatic rings. The number of carbonyl (C=O) groups excluding carboxylic acids is 2. The Morgan fingerprint density at radius 3 is 2.63 bits per heavy atom. The maximum atomic E-state index is 13.3. The summed E-state index contributed by atoms with van der Waals surface area (Å²) < 4.78 is 10.8. The van der Waals surface area contributed by atoms with Gasteiger partial charge in [0, 0.05) is 55.6 Å². The lowest BCUT2D eigenvalue weighted by atomic mass is 9.92. The zero-order valence-corrected chi connectivity index (χ0v) is 22.7. The van der Waals surface area contributed by atoms with Crippen LogP contribution in [0.1, 0.15) is 51.3 Å². The second-order valence-corrected chi connectivity index (χ2v) is 11.4. The van der Waals surface area contributed by atoms with Crippen LogP contribution in [0.4, 0.5) is 0 Å². The molecule has 2 aromatic carbocycles. The summed E-state index contributed by atoms with van der Waals surface area (Å²) in [6.07, 6.45) is 1.51. The van der Waals surface area contributed by atoms with Crippen LogP contribution in [0.2, 0.25) is 0 Å². The van der Waals surface area contributed by atoms with Gasteiger partial charge < -0.3 is 19.3 Å². The van der Waals surface area contributed by atoms with E-state index in [1.54, 1.807) is 18.2 Å². The largest absolute Gasteiger partial charge is 0.454 e. The Morgan fingerprint density at radius 2 is 1.82 bits per heavy atom. The van der Waals surface area contributed by atoms with Crippen LogP contribution in [0.5, 0.6) is 11.5 Å². The minimum absolute atomic E-state index is 0.0382. The molecule has 6 rings (SSSR count). The lowest BCUT2D eigenvalue weighted by molar-refractivity contribution is -0.134. The molecule has 8 heteroatoms. The van der Waals surface area contributed by atoms with Crippen molar-refractivity contribution in [3.8, 4) is 11.5 Å². The van der Waals surface area contributed by atoms with Crippen LogP contribution in [0.15, 0.2) is 53.9 Å². The molecule has 0 bridgehead atoms. The summed E-state index contributed by atoms with van der Waals surface area (Å²) in [4.78, 5) is 34.2. The topological polar surface area (TPSA) is 62.3 Å². The van der Waals surface area contributed by atoms with E-state index in [0.717, 1.165) is 19.5 Å². The number of hydrogen-bond acceptors (Lipinski definition) is 6. The number of rotatable bonds is 5. The number of hydrogen-bond donors (Lipinski definition) is 0. The molecule has 0 aliphatic carbocycles. The quantitative estimate of drug-likeness (QED) is 0.485. The number of benzene rings is 2. The molecule has 198 valence electrons. The highest BCUT2D eigenvalue weighted by Gasteiger charge is 2.33. The van der Waals surface area contributed by atoms with Crippen LogP contribution >= 0.6 is 11.3 Å². The molecule has 7 nitrogen and oxygen atoms in total. The molecule has 0 spiro atoms. The molecule has 3 aliphatic heterocycles. The van der Waals surface area contributed by atoms with Crippen molar-refractivity contribution in [1.29, 1.82) is 0 Å². The van der Waals surface area contributed by atoms with Crippen LogP contribution in [0.3, 0.4) is 0 Å². The highest BCUT2D eigenvalue weighted by atomic mass is 32.1. The number of fused-ring (bicyclic) bond motifs is 2. The molecule has 1 aromatic heterocycles. The van der Waals surface area contributed by atoms with Gasteiger partial charge in [0.25, 0.3) is 5.91 Å². The fourth-order valence-corrected chi connectivity index (χ4v) is 6.73. The van der Waals surface area contributed by atoms with Gasteiger partial charge in [-0.3, -0.25) is 14.5 Å². The third-order valence-corrected chi connectivity index (χ3v) is 8.93. The van der Waals surface area contributed by atoms with Gasteiger partial charge in [0.15, 0.2) is 11.5 Å². The third kappa shape index (κ3) is 4.78. The van der Waals surface area contributed by atoms with Gasteiger partial charge in [-0.05, 0) is 61.0 Å². The maximum absolute atomic E-state index is 13.3. The van der Waals surface area contributed by atoms with Crippen LogP contribution in [0, 0.1) is 6.92 Å². The number of ether oxygens (including phenoxy) is 2. The number of amides is 2. The first kappa shape index (κ1) is 24.9. The van der Waals surface area contributed by atoms with Crippen LogP contribution in [-0.4, -0.2) is 72.1 Å². The van der Waals surface area contributed by atoms with Gasteiger partial charge in [0.05, 0.1) is 6.04 Å². The average Bonchev–Trinajstić information content (AvgIpc) is 3.60. The molecule has 0 radical (unpaired) electrons. The molecule has 0 saturated carbocycles.